The quantitative estimate of drug-likeness (QED) is 0.807. The Labute approximate surface area is 93.2 Å². The predicted molar refractivity (Wildman–Crippen MR) is 61.8 cm³/mol. The number of hydrogen-bond donors (Lipinski definition) is 2. The minimum Gasteiger partial charge on any atom is -0.396 e. The monoisotopic (exact) mass is 218 g/mol. The van der Waals surface area contributed by atoms with Crippen LogP contribution in [-0.4, -0.2) is 21.3 Å². The number of para-hydroxylation sites is 1. The lowest BCUT2D eigenvalue weighted by Gasteiger charge is -2.08. The highest BCUT2D eigenvalue weighted by molar-refractivity contribution is 5.40. The molecular weight excluding hydrogens is 204 g/mol. The maximum Gasteiger partial charge on any atom is 0.330 e. The molecule has 0 bridgehead atoms. The minimum atomic E-state index is -0.142. The van der Waals surface area contributed by atoms with Gasteiger partial charge in [-0.15, -0.1) is 0 Å². The van der Waals surface area contributed by atoms with Gasteiger partial charge in [0.2, 0.25) is 0 Å². The Balaban J connectivity index is 2.40. The summed E-state index contributed by atoms with van der Waals surface area (Å²) in [6.07, 6.45) is 4.80. The first-order valence-corrected chi connectivity index (χ1v) is 5.28. The lowest BCUT2D eigenvalue weighted by Crippen LogP contribution is -2.15. The molecular formula is C12H14N2O2. The van der Waals surface area contributed by atoms with Gasteiger partial charge in [-0.05, 0) is 24.5 Å². The predicted octanol–water partition coefficient (Wildman–Crippen LogP) is 1.09. The van der Waals surface area contributed by atoms with Crippen LogP contribution < -0.4 is 5.69 Å². The molecule has 1 aromatic heterocycles. The van der Waals surface area contributed by atoms with Gasteiger partial charge in [-0.3, -0.25) is 4.57 Å². The summed E-state index contributed by atoms with van der Waals surface area (Å²) in [5.41, 5.74) is 1.80. The number of H-pyrrole nitrogens is 1. The van der Waals surface area contributed by atoms with E-state index >= 15 is 0 Å². The summed E-state index contributed by atoms with van der Waals surface area (Å²) >= 11 is 0. The van der Waals surface area contributed by atoms with Crippen molar-refractivity contribution in [2.24, 2.45) is 0 Å². The Hall–Kier alpha value is -1.81. The highest BCUT2D eigenvalue weighted by Crippen LogP contribution is 2.14. The zero-order valence-electron chi connectivity index (χ0n) is 8.89. The van der Waals surface area contributed by atoms with Gasteiger partial charge in [-0.1, -0.05) is 18.2 Å². The standard InChI is InChI=1S/C12H14N2O2/c15-9-3-5-10-4-1-2-6-11(10)14-8-7-13-12(14)16/h1-2,4,6-8,15H,3,5,9H2,(H,13,16). The van der Waals surface area contributed by atoms with E-state index in [1.807, 2.05) is 24.3 Å². The fourth-order valence-corrected chi connectivity index (χ4v) is 1.74. The van der Waals surface area contributed by atoms with Crippen molar-refractivity contribution in [2.45, 2.75) is 12.8 Å². The lowest BCUT2D eigenvalue weighted by atomic mass is 10.1. The summed E-state index contributed by atoms with van der Waals surface area (Å²) in [5, 5.41) is 8.83. The van der Waals surface area contributed by atoms with E-state index in [0.717, 1.165) is 17.7 Å². The third-order valence-electron chi connectivity index (χ3n) is 2.50. The van der Waals surface area contributed by atoms with Crippen molar-refractivity contribution >= 4 is 0 Å². The summed E-state index contributed by atoms with van der Waals surface area (Å²) in [5.74, 6) is 0. The van der Waals surface area contributed by atoms with Gasteiger partial charge in [0.15, 0.2) is 0 Å². The molecule has 0 aliphatic heterocycles. The normalized spacial score (nSPS) is 10.6. The number of nitrogens with one attached hydrogen (secondary N) is 1. The fourth-order valence-electron chi connectivity index (χ4n) is 1.74. The molecule has 0 amide bonds. The van der Waals surface area contributed by atoms with Crippen molar-refractivity contribution < 1.29 is 5.11 Å². The number of hydrogen-bond acceptors (Lipinski definition) is 2. The summed E-state index contributed by atoms with van der Waals surface area (Å²) < 4.78 is 1.58. The second kappa shape index (κ2) is 4.81. The molecule has 4 heteroatoms. The van der Waals surface area contributed by atoms with Gasteiger partial charge in [0, 0.05) is 19.0 Å². The second-order valence-electron chi connectivity index (χ2n) is 3.59. The van der Waals surface area contributed by atoms with Crippen LogP contribution in [-0.2, 0) is 6.42 Å². The number of aryl methyl sites for hydroxylation is 1. The van der Waals surface area contributed by atoms with Crippen LogP contribution in [0.1, 0.15) is 12.0 Å². The summed E-state index contributed by atoms with van der Waals surface area (Å²) in [6.45, 7) is 0.163. The van der Waals surface area contributed by atoms with Crippen LogP contribution in [0.25, 0.3) is 5.69 Å². The number of aliphatic hydroxyl groups is 1. The van der Waals surface area contributed by atoms with Crippen LogP contribution in [0.4, 0.5) is 0 Å². The van der Waals surface area contributed by atoms with Gasteiger partial charge < -0.3 is 10.1 Å². The Morgan fingerprint density at radius 2 is 2.12 bits per heavy atom. The summed E-state index contributed by atoms with van der Waals surface area (Å²) in [6, 6.07) is 7.72. The Morgan fingerprint density at radius 1 is 1.31 bits per heavy atom. The molecule has 0 aliphatic rings. The molecule has 0 aliphatic carbocycles. The molecule has 16 heavy (non-hydrogen) atoms. The Bertz CT molecular complexity index is 513. The largest absolute Gasteiger partial charge is 0.396 e. The third-order valence-corrected chi connectivity index (χ3v) is 2.50. The highest BCUT2D eigenvalue weighted by atomic mass is 16.2. The third kappa shape index (κ3) is 2.06. The van der Waals surface area contributed by atoms with Crippen LogP contribution >= 0.6 is 0 Å². The van der Waals surface area contributed by atoms with E-state index in [1.54, 1.807) is 17.0 Å². The molecule has 1 heterocycles. The van der Waals surface area contributed by atoms with Gasteiger partial charge >= 0.3 is 5.69 Å². The smallest absolute Gasteiger partial charge is 0.330 e. The highest BCUT2D eigenvalue weighted by Gasteiger charge is 2.05. The number of rotatable bonds is 4. The average Bonchev–Trinajstić information content (AvgIpc) is 2.73. The molecule has 0 atom stereocenters. The second-order valence-corrected chi connectivity index (χ2v) is 3.59. The number of aliphatic hydroxyl groups excluding tert-OH is 1. The maximum atomic E-state index is 11.5. The minimum absolute atomic E-state index is 0.142. The molecule has 2 aromatic rings. The molecule has 0 saturated heterocycles. The van der Waals surface area contributed by atoms with E-state index in [4.69, 9.17) is 5.11 Å². The molecule has 0 fully saturated rings. The fraction of sp³-hybridized carbons (Fsp3) is 0.250. The average molecular weight is 218 g/mol. The van der Waals surface area contributed by atoms with Crippen molar-refractivity contribution in [3.63, 3.8) is 0 Å². The van der Waals surface area contributed by atoms with Gasteiger partial charge in [0.1, 0.15) is 0 Å². The summed E-state index contributed by atoms with van der Waals surface area (Å²) in [4.78, 5) is 14.1. The zero-order valence-corrected chi connectivity index (χ0v) is 8.89. The number of nitrogens with zero attached hydrogens (tertiary/aromatic N) is 1. The van der Waals surface area contributed by atoms with Crippen LogP contribution in [0.3, 0.4) is 0 Å². The van der Waals surface area contributed by atoms with Gasteiger partial charge in [-0.2, -0.15) is 0 Å². The molecule has 4 nitrogen and oxygen atoms in total. The van der Waals surface area contributed by atoms with Crippen molar-refractivity contribution in [1.29, 1.82) is 0 Å². The molecule has 0 radical (unpaired) electrons. The Morgan fingerprint density at radius 3 is 2.81 bits per heavy atom. The molecule has 0 saturated carbocycles. The van der Waals surface area contributed by atoms with Crippen LogP contribution in [0.5, 0.6) is 0 Å². The van der Waals surface area contributed by atoms with Gasteiger partial charge in [0.25, 0.3) is 0 Å². The SMILES string of the molecule is O=c1[nH]ccn1-c1ccccc1CCCO. The van der Waals surface area contributed by atoms with E-state index < -0.39 is 0 Å². The zero-order chi connectivity index (χ0) is 11.4. The first-order chi connectivity index (χ1) is 7.83. The van der Waals surface area contributed by atoms with Crippen LogP contribution in [0.15, 0.2) is 41.5 Å². The van der Waals surface area contributed by atoms with Crippen molar-refractivity contribution in [3.05, 3.63) is 52.7 Å². The maximum absolute atomic E-state index is 11.5. The van der Waals surface area contributed by atoms with Gasteiger partial charge in [0.05, 0.1) is 5.69 Å². The van der Waals surface area contributed by atoms with E-state index in [0.29, 0.717) is 6.42 Å². The molecule has 84 valence electrons. The van der Waals surface area contributed by atoms with E-state index in [-0.39, 0.29) is 12.3 Å². The van der Waals surface area contributed by atoms with Crippen molar-refractivity contribution in [3.8, 4) is 5.69 Å². The molecule has 0 unspecified atom stereocenters. The van der Waals surface area contributed by atoms with E-state index in [9.17, 15) is 4.79 Å². The molecule has 2 N–H and O–H groups in total. The van der Waals surface area contributed by atoms with Crippen molar-refractivity contribution in [2.75, 3.05) is 6.61 Å². The molecule has 1 aromatic carbocycles. The first-order valence-electron chi connectivity index (χ1n) is 5.28. The summed E-state index contributed by atoms with van der Waals surface area (Å²) in [7, 11) is 0. The van der Waals surface area contributed by atoms with Gasteiger partial charge in [-0.25, -0.2) is 4.79 Å². The first kappa shape index (κ1) is 10.7. The number of benzene rings is 1. The number of aromatic nitrogens is 2. The number of imidazole rings is 1. The van der Waals surface area contributed by atoms with E-state index in [1.165, 1.54) is 0 Å². The molecule has 0 spiro atoms. The topological polar surface area (TPSA) is 58.0 Å². The van der Waals surface area contributed by atoms with Crippen LogP contribution in [0, 0.1) is 0 Å². The molecule has 2 rings (SSSR count). The van der Waals surface area contributed by atoms with E-state index in [2.05, 4.69) is 4.98 Å². The lowest BCUT2D eigenvalue weighted by molar-refractivity contribution is 0.288. The van der Waals surface area contributed by atoms with Crippen molar-refractivity contribution in [1.82, 2.24) is 9.55 Å². The number of aromatic amines is 1. The Kier molecular flexibility index (Phi) is 3.22. The van der Waals surface area contributed by atoms with Crippen LogP contribution in [0.2, 0.25) is 0 Å².